The number of nitrogens with two attached hydrogens (primary N) is 1. The predicted octanol–water partition coefficient (Wildman–Crippen LogP) is 3.18. The number of nitrogens with zero attached hydrogens (tertiary/aromatic N) is 3. The number of nitrogens with one attached hydrogen (secondary N) is 3. The number of aryl methyl sites for hydroxylation is 1. The lowest BCUT2D eigenvalue weighted by Crippen LogP contribution is -2.50. The number of benzene rings is 1. The lowest BCUT2D eigenvalue weighted by Gasteiger charge is -2.31. The van der Waals surface area contributed by atoms with Gasteiger partial charge in [-0.15, -0.1) is 0 Å². The van der Waals surface area contributed by atoms with Crippen molar-refractivity contribution in [3.05, 3.63) is 50.8 Å². The highest BCUT2D eigenvalue weighted by Crippen LogP contribution is 2.43. The number of carbonyl (C=O) groups is 3. The Balaban J connectivity index is 1.05. The average molecular weight is 834 g/mol. The molecule has 0 saturated heterocycles. The zero-order valence-corrected chi connectivity index (χ0v) is 35.8. The van der Waals surface area contributed by atoms with Gasteiger partial charge in [0.1, 0.15) is 13.3 Å². The van der Waals surface area contributed by atoms with E-state index in [1.807, 2.05) is 12.1 Å². The van der Waals surface area contributed by atoms with Crippen molar-refractivity contribution < 1.29 is 38.4 Å². The molecule has 0 aliphatic carbocycles. The van der Waals surface area contributed by atoms with Gasteiger partial charge >= 0.3 is 5.97 Å². The summed E-state index contributed by atoms with van der Waals surface area (Å²) in [7, 11) is 0. The smallest absolute Gasteiger partial charge is 0.343 e. The molecule has 0 unspecified atom stereocenters. The molecule has 6 rings (SSSR count). The molecule has 0 radical (unpaired) electrons. The van der Waals surface area contributed by atoms with Crippen molar-refractivity contribution in [2.24, 2.45) is 11.7 Å². The van der Waals surface area contributed by atoms with Crippen molar-refractivity contribution in [1.82, 2.24) is 30.4 Å². The SMILES string of the molecule is CCCN(CCC)CCCC[C@H](NC[C@@H](N)C(C)C)C(=O)NCC(=O)NCOCCCc1c2c(nc3cc4c(cc13)OCO4)-c1cc3c(c(=O)n1C2)COC(=O)[C@]3(O)CC. The summed E-state index contributed by atoms with van der Waals surface area (Å²) < 4.78 is 24.0. The fraction of sp³-hybridized carbons (Fsp3) is 0.614. The van der Waals surface area contributed by atoms with Crippen LogP contribution in [0.15, 0.2) is 23.0 Å². The predicted molar refractivity (Wildman–Crippen MR) is 226 cm³/mol. The first kappa shape index (κ1) is 44.9. The van der Waals surface area contributed by atoms with Gasteiger partial charge in [0.25, 0.3) is 5.56 Å². The Morgan fingerprint density at radius 1 is 1.00 bits per heavy atom. The minimum Gasteiger partial charge on any atom is -0.458 e. The number of ether oxygens (including phenoxy) is 4. The summed E-state index contributed by atoms with van der Waals surface area (Å²) in [6.07, 6.45) is 5.92. The van der Waals surface area contributed by atoms with E-state index in [0.717, 1.165) is 61.8 Å². The number of fused-ring (bicyclic) bond motifs is 6. The Morgan fingerprint density at radius 2 is 1.75 bits per heavy atom. The van der Waals surface area contributed by atoms with Gasteiger partial charge in [0.2, 0.25) is 18.6 Å². The molecule has 6 N–H and O–H groups in total. The second-order valence-corrected chi connectivity index (χ2v) is 16.4. The third kappa shape index (κ3) is 9.94. The van der Waals surface area contributed by atoms with E-state index in [-0.39, 0.29) is 80.1 Å². The van der Waals surface area contributed by atoms with Crippen molar-refractivity contribution >= 4 is 28.7 Å². The van der Waals surface area contributed by atoms with Gasteiger partial charge < -0.3 is 55.2 Å². The zero-order chi connectivity index (χ0) is 43.0. The number of rotatable bonds is 23. The Hall–Kier alpha value is -4.61. The van der Waals surface area contributed by atoms with E-state index >= 15 is 0 Å². The van der Waals surface area contributed by atoms with Crippen molar-refractivity contribution in [1.29, 1.82) is 0 Å². The summed E-state index contributed by atoms with van der Waals surface area (Å²) in [5, 5.41) is 21.0. The molecule has 0 saturated carbocycles. The molecule has 16 heteroatoms. The molecule has 5 heterocycles. The van der Waals surface area contributed by atoms with Crippen LogP contribution >= 0.6 is 0 Å². The lowest BCUT2D eigenvalue weighted by atomic mass is 9.86. The lowest BCUT2D eigenvalue weighted by molar-refractivity contribution is -0.172. The minimum atomic E-state index is -1.93. The second kappa shape index (κ2) is 20.3. The van der Waals surface area contributed by atoms with E-state index in [4.69, 9.17) is 29.7 Å². The zero-order valence-electron chi connectivity index (χ0n) is 35.8. The second-order valence-electron chi connectivity index (χ2n) is 16.4. The molecule has 328 valence electrons. The number of hydrogen-bond acceptors (Lipinski definition) is 13. The molecule has 3 aliphatic rings. The van der Waals surface area contributed by atoms with E-state index in [9.17, 15) is 24.3 Å². The molecule has 60 heavy (non-hydrogen) atoms. The summed E-state index contributed by atoms with van der Waals surface area (Å²) in [5.74, 6) is 0.0695. The van der Waals surface area contributed by atoms with Crippen LogP contribution in [0.1, 0.15) is 102 Å². The average Bonchev–Trinajstić information content (AvgIpc) is 3.85. The van der Waals surface area contributed by atoms with Gasteiger partial charge in [-0.2, -0.15) is 0 Å². The number of esters is 1. The number of amides is 2. The first-order chi connectivity index (χ1) is 28.9. The van der Waals surface area contributed by atoms with E-state index in [1.54, 1.807) is 17.6 Å². The van der Waals surface area contributed by atoms with Crippen LogP contribution < -0.4 is 36.7 Å². The topological polar surface area (TPSA) is 209 Å². The van der Waals surface area contributed by atoms with Crippen molar-refractivity contribution in [3.8, 4) is 22.9 Å². The van der Waals surface area contributed by atoms with E-state index < -0.39 is 17.6 Å². The normalized spacial score (nSPS) is 17.4. The molecular weight excluding hydrogens is 771 g/mol. The van der Waals surface area contributed by atoms with Gasteiger partial charge in [0, 0.05) is 41.8 Å². The molecule has 3 atom stereocenters. The first-order valence-electron chi connectivity index (χ1n) is 21.7. The van der Waals surface area contributed by atoms with Gasteiger partial charge in [-0.25, -0.2) is 9.78 Å². The van der Waals surface area contributed by atoms with E-state index in [1.165, 1.54) is 0 Å². The number of carbonyl (C=O) groups excluding carboxylic acids is 3. The Kier molecular flexibility index (Phi) is 15.2. The fourth-order valence-electron chi connectivity index (χ4n) is 8.24. The highest BCUT2D eigenvalue weighted by Gasteiger charge is 2.45. The maximum Gasteiger partial charge on any atom is 0.343 e. The summed E-state index contributed by atoms with van der Waals surface area (Å²) in [4.78, 5) is 60.0. The molecule has 1 aromatic carbocycles. The first-order valence-corrected chi connectivity index (χ1v) is 21.7. The molecule has 0 fully saturated rings. The molecule has 2 amide bonds. The number of aromatic nitrogens is 2. The number of unbranched alkanes of at least 4 members (excludes halogenated alkanes) is 1. The highest BCUT2D eigenvalue weighted by molar-refractivity contribution is 5.91. The summed E-state index contributed by atoms with van der Waals surface area (Å²) in [6, 6.07) is 4.88. The van der Waals surface area contributed by atoms with Gasteiger partial charge in [-0.05, 0) is 88.2 Å². The van der Waals surface area contributed by atoms with Crippen molar-refractivity contribution in [2.45, 2.75) is 117 Å². The molecule has 0 spiro atoms. The number of pyridine rings is 2. The van der Waals surface area contributed by atoms with Crippen LogP contribution in [-0.4, -0.2) is 102 Å². The molecule has 3 aliphatic heterocycles. The van der Waals surface area contributed by atoms with Crippen LogP contribution in [0, 0.1) is 5.92 Å². The van der Waals surface area contributed by atoms with Crippen LogP contribution in [0.25, 0.3) is 22.3 Å². The number of aliphatic hydroxyl groups is 1. The van der Waals surface area contributed by atoms with Gasteiger partial charge in [0.15, 0.2) is 17.1 Å². The van der Waals surface area contributed by atoms with Crippen LogP contribution in [0.4, 0.5) is 0 Å². The fourth-order valence-corrected chi connectivity index (χ4v) is 8.24. The molecular formula is C44H63N7O9. The van der Waals surface area contributed by atoms with Crippen LogP contribution in [-0.2, 0) is 49.0 Å². The largest absolute Gasteiger partial charge is 0.458 e. The Labute approximate surface area is 351 Å². The maximum atomic E-state index is 13.8. The number of cyclic esters (lactones) is 1. The van der Waals surface area contributed by atoms with E-state index in [0.29, 0.717) is 60.8 Å². The highest BCUT2D eigenvalue weighted by atomic mass is 16.7. The van der Waals surface area contributed by atoms with Crippen LogP contribution in [0.3, 0.4) is 0 Å². The van der Waals surface area contributed by atoms with Gasteiger partial charge in [-0.3, -0.25) is 14.4 Å². The quantitative estimate of drug-likeness (QED) is 0.0414. The van der Waals surface area contributed by atoms with Crippen molar-refractivity contribution in [2.75, 3.05) is 52.9 Å². The summed E-state index contributed by atoms with van der Waals surface area (Å²) in [5.41, 5.74) is 8.09. The molecule has 16 nitrogen and oxygen atoms in total. The maximum absolute atomic E-state index is 13.8. The van der Waals surface area contributed by atoms with Gasteiger partial charge in [-0.1, -0.05) is 41.0 Å². The van der Waals surface area contributed by atoms with Crippen LogP contribution in [0.2, 0.25) is 0 Å². The Morgan fingerprint density at radius 3 is 2.47 bits per heavy atom. The molecule has 3 aromatic rings. The molecule has 0 bridgehead atoms. The minimum absolute atomic E-state index is 0.0347. The van der Waals surface area contributed by atoms with Crippen LogP contribution in [0.5, 0.6) is 11.5 Å². The monoisotopic (exact) mass is 833 g/mol. The van der Waals surface area contributed by atoms with Gasteiger partial charge in [0.05, 0.1) is 41.6 Å². The summed E-state index contributed by atoms with van der Waals surface area (Å²) in [6.45, 7) is 14.1. The third-order valence-electron chi connectivity index (χ3n) is 11.9. The molecule has 2 aromatic heterocycles. The third-order valence-corrected chi connectivity index (χ3v) is 11.9. The standard InChI is InChI=1S/C44H63N7O9/c1-6-14-50(15-7-2)16-10-9-13-34(46-21-33(45)27(4)5)41(53)47-22-39(52)48-25-57-17-11-12-28-29-18-37-38(60-26-59-37)20-35(29)49-40-30(28)23-51-36(40)19-32-31(42(51)54)24-58-43(55)44(32,56)8-3/h18-20,27,33-34,46,56H,6-17,21-26,45H2,1-5H3,(H,47,53)(H,48,52)/t33-,34+,44+/m1/s1. The summed E-state index contributed by atoms with van der Waals surface area (Å²) >= 11 is 0. The Bertz CT molecular complexity index is 2080. The van der Waals surface area contributed by atoms with Crippen molar-refractivity contribution in [3.63, 3.8) is 0 Å². The van der Waals surface area contributed by atoms with E-state index in [2.05, 4.69) is 48.5 Å². The number of hydrogen-bond donors (Lipinski definition) is 5.